The van der Waals surface area contributed by atoms with E-state index in [4.69, 9.17) is 21.2 Å². The van der Waals surface area contributed by atoms with Crippen LogP contribution in [0.2, 0.25) is 5.02 Å². The first-order chi connectivity index (χ1) is 13.2. The summed E-state index contributed by atoms with van der Waals surface area (Å²) in [5.41, 5.74) is 0.498. The Hall–Kier alpha value is -2.89. The normalized spacial score (nSPS) is 11.2. The Balaban J connectivity index is 1.86. The molecule has 0 aliphatic rings. The lowest BCUT2D eigenvalue weighted by Gasteiger charge is -2.08. The van der Waals surface area contributed by atoms with Gasteiger partial charge in [-0.25, -0.2) is 17.9 Å². The number of aryl methyl sites for hydroxylation is 1. The zero-order valence-corrected chi connectivity index (χ0v) is 16.5. The minimum Gasteiger partial charge on any atom is -0.478 e. The van der Waals surface area contributed by atoms with Crippen LogP contribution in [0.15, 0.2) is 45.1 Å². The predicted octanol–water partition coefficient (Wildman–Crippen LogP) is 3.45. The lowest BCUT2D eigenvalue weighted by atomic mass is 10.2. The van der Waals surface area contributed by atoms with Crippen LogP contribution in [0.1, 0.15) is 25.7 Å². The standard InChI is InChI=1S/C16H12ClN3O6S2/c1-8-12(17)15(26-19-8)20-28(24,25)11-5-6-27-13(11)14(21)18-10-4-2-3-9(7-10)16(22)23/h2-7,20H,1H3,(H,18,21)(H,22,23). The van der Waals surface area contributed by atoms with Gasteiger partial charge in [0, 0.05) is 5.69 Å². The number of amides is 1. The number of nitrogens with one attached hydrogen (secondary N) is 2. The third kappa shape index (κ3) is 4.01. The number of anilines is 2. The van der Waals surface area contributed by atoms with E-state index in [-0.39, 0.29) is 31.9 Å². The number of aromatic nitrogens is 1. The topological polar surface area (TPSA) is 139 Å². The molecule has 0 unspecified atom stereocenters. The summed E-state index contributed by atoms with van der Waals surface area (Å²) in [6.07, 6.45) is 0. The fourth-order valence-electron chi connectivity index (χ4n) is 2.19. The molecule has 0 aliphatic carbocycles. The van der Waals surface area contributed by atoms with E-state index in [2.05, 4.69) is 15.2 Å². The van der Waals surface area contributed by atoms with Crippen LogP contribution in [-0.4, -0.2) is 30.6 Å². The smallest absolute Gasteiger partial charge is 0.335 e. The first-order valence-electron chi connectivity index (χ1n) is 7.56. The molecular weight excluding hydrogens is 430 g/mol. The van der Waals surface area contributed by atoms with Gasteiger partial charge in [0.15, 0.2) is 0 Å². The highest BCUT2D eigenvalue weighted by Gasteiger charge is 2.27. The zero-order valence-electron chi connectivity index (χ0n) is 14.1. The van der Waals surface area contributed by atoms with Gasteiger partial charge in [0.05, 0.1) is 5.56 Å². The first-order valence-corrected chi connectivity index (χ1v) is 10.3. The molecule has 0 bridgehead atoms. The number of nitrogens with zero attached hydrogens (tertiary/aromatic N) is 1. The highest BCUT2D eigenvalue weighted by atomic mass is 35.5. The van der Waals surface area contributed by atoms with Crippen LogP contribution < -0.4 is 10.0 Å². The fraction of sp³-hybridized carbons (Fsp3) is 0.0625. The van der Waals surface area contributed by atoms with Crippen molar-refractivity contribution in [3.05, 3.63) is 56.9 Å². The molecule has 0 fully saturated rings. The summed E-state index contributed by atoms with van der Waals surface area (Å²) in [7, 11) is -4.18. The summed E-state index contributed by atoms with van der Waals surface area (Å²) >= 11 is 6.83. The molecule has 1 amide bonds. The average molecular weight is 442 g/mol. The molecule has 2 heterocycles. The number of thiophene rings is 1. The highest BCUT2D eigenvalue weighted by molar-refractivity contribution is 7.93. The Morgan fingerprint density at radius 2 is 2.04 bits per heavy atom. The predicted molar refractivity (Wildman–Crippen MR) is 103 cm³/mol. The van der Waals surface area contributed by atoms with Crippen LogP contribution in [0.4, 0.5) is 11.6 Å². The Morgan fingerprint density at radius 3 is 2.68 bits per heavy atom. The van der Waals surface area contributed by atoms with Gasteiger partial charge in [-0.05, 0) is 36.6 Å². The molecule has 1 aromatic carbocycles. The van der Waals surface area contributed by atoms with E-state index >= 15 is 0 Å². The Kier molecular flexibility index (Phi) is 5.40. The van der Waals surface area contributed by atoms with Crippen LogP contribution in [-0.2, 0) is 10.0 Å². The molecule has 0 aliphatic heterocycles. The number of aromatic carboxylic acids is 1. The number of benzene rings is 1. The second-order valence-electron chi connectivity index (χ2n) is 5.47. The first kappa shape index (κ1) is 19.9. The molecule has 0 radical (unpaired) electrons. The van der Waals surface area contributed by atoms with Crippen LogP contribution in [0, 0.1) is 6.92 Å². The lowest BCUT2D eigenvalue weighted by Crippen LogP contribution is -2.18. The summed E-state index contributed by atoms with van der Waals surface area (Å²) in [5, 5.41) is 16.5. The minimum atomic E-state index is -4.18. The molecule has 0 saturated carbocycles. The number of carboxylic acids is 1. The molecule has 2 aromatic heterocycles. The summed E-state index contributed by atoms with van der Waals surface area (Å²) in [6, 6.07) is 6.83. The van der Waals surface area contributed by atoms with E-state index in [1.807, 2.05) is 0 Å². The van der Waals surface area contributed by atoms with E-state index in [1.54, 1.807) is 6.92 Å². The highest BCUT2D eigenvalue weighted by Crippen LogP contribution is 2.30. The SMILES string of the molecule is Cc1noc(NS(=O)(=O)c2ccsc2C(=O)Nc2cccc(C(=O)O)c2)c1Cl. The molecule has 0 atom stereocenters. The van der Waals surface area contributed by atoms with E-state index in [9.17, 15) is 18.0 Å². The maximum atomic E-state index is 12.6. The van der Waals surface area contributed by atoms with Crippen LogP contribution in [0.25, 0.3) is 0 Å². The summed E-state index contributed by atoms with van der Waals surface area (Å²) in [6.45, 7) is 1.54. The number of sulfonamides is 1. The van der Waals surface area contributed by atoms with Gasteiger partial charge < -0.3 is 14.9 Å². The van der Waals surface area contributed by atoms with Crippen molar-refractivity contribution in [2.24, 2.45) is 0 Å². The third-order valence-corrected chi connectivity index (χ3v) is 6.37. The molecule has 28 heavy (non-hydrogen) atoms. The maximum absolute atomic E-state index is 12.6. The number of hydrogen-bond donors (Lipinski definition) is 3. The monoisotopic (exact) mass is 441 g/mol. The number of hydrogen-bond acceptors (Lipinski definition) is 7. The Bertz CT molecular complexity index is 1170. The molecule has 3 rings (SSSR count). The second kappa shape index (κ2) is 7.62. The van der Waals surface area contributed by atoms with E-state index in [1.165, 1.54) is 35.7 Å². The van der Waals surface area contributed by atoms with Gasteiger partial charge in [0.25, 0.3) is 21.8 Å². The molecule has 0 spiro atoms. The van der Waals surface area contributed by atoms with Crippen LogP contribution in [0.3, 0.4) is 0 Å². The number of carbonyl (C=O) groups excluding carboxylic acids is 1. The van der Waals surface area contributed by atoms with Crippen molar-refractivity contribution in [1.82, 2.24) is 5.16 Å². The Morgan fingerprint density at radius 1 is 1.29 bits per heavy atom. The number of rotatable bonds is 6. The minimum absolute atomic E-state index is 0.00953. The van der Waals surface area contributed by atoms with E-state index in [0.29, 0.717) is 5.69 Å². The van der Waals surface area contributed by atoms with Crippen molar-refractivity contribution in [1.29, 1.82) is 0 Å². The molecule has 12 heteroatoms. The number of carboxylic acid groups (broad SMARTS) is 1. The van der Waals surface area contributed by atoms with Crippen molar-refractivity contribution >= 4 is 56.4 Å². The molecule has 0 saturated heterocycles. The van der Waals surface area contributed by atoms with Crippen molar-refractivity contribution in [2.75, 3.05) is 10.0 Å². The van der Waals surface area contributed by atoms with Crippen molar-refractivity contribution < 1.29 is 27.6 Å². The van der Waals surface area contributed by atoms with Crippen molar-refractivity contribution in [3.8, 4) is 0 Å². The van der Waals surface area contributed by atoms with Gasteiger partial charge in [-0.3, -0.25) is 4.79 Å². The van der Waals surface area contributed by atoms with Gasteiger partial charge >= 0.3 is 5.97 Å². The lowest BCUT2D eigenvalue weighted by molar-refractivity contribution is 0.0696. The third-order valence-electron chi connectivity index (χ3n) is 3.51. The molecule has 146 valence electrons. The molecule has 9 nitrogen and oxygen atoms in total. The largest absolute Gasteiger partial charge is 0.478 e. The van der Waals surface area contributed by atoms with Crippen LogP contribution in [0.5, 0.6) is 0 Å². The Labute approximate surface area is 168 Å². The quantitative estimate of drug-likeness (QED) is 0.532. The van der Waals surface area contributed by atoms with E-state index < -0.39 is 21.9 Å². The number of halogens is 1. The summed E-state index contributed by atoms with van der Waals surface area (Å²) in [4.78, 5) is 23.2. The second-order valence-corrected chi connectivity index (χ2v) is 8.42. The zero-order chi connectivity index (χ0) is 20.5. The van der Waals surface area contributed by atoms with Crippen molar-refractivity contribution in [3.63, 3.8) is 0 Å². The summed E-state index contributed by atoms with van der Waals surface area (Å²) in [5.74, 6) is -2.12. The number of carbonyl (C=O) groups is 2. The molecule has 3 N–H and O–H groups in total. The van der Waals surface area contributed by atoms with Gasteiger partial charge in [0.2, 0.25) is 0 Å². The maximum Gasteiger partial charge on any atom is 0.335 e. The summed E-state index contributed by atoms with van der Waals surface area (Å²) < 4.78 is 32.3. The fourth-order valence-corrected chi connectivity index (χ4v) is 4.68. The molecule has 3 aromatic rings. The van der Waals surface area contributed by atoms with Gasteiger partial charge in [-0.2, -0.15) is 0 Å². The molecular formula is C16H12ClN3O6S2. The van der Waals surface area contributed by atoms with Gasteiger partial charge in [-0.15, -0.1) is 11.3 Å². The van der Waals surface area contributed by atoms with E-state index in [0.717, 1.165) is 11.3 Å². The van der Waals surface area contributed by atoms with Gasteiger partial charge in [-0.1, -0.05) is 22.8 Å². The van der Waals surface area contributed by atoms with Crippen molar-refractivity contribution in [2.45, 2.75) is 11.8 Å². The van der Waals surface area contributed by atoms with Crippen LogP contribution >= 0.6 is 22.9 Å². The van der Waals surface area contributed by atoms with Gasteiger partial charge in [0.1, 0.15) is 20.5 Å². The average Bonchev–Trinajstić information content (AvgIpc) is 3.25.